The van der Waals surface area contributed by atoms with Crippen molar-refractivity contribution in [1.82, 2.24) is 20.2 Å². The molecule has 0 saturated carbocycles. The zero-order valence-corrected chi connectivity index (χ0v) is 13.6. The van der Waals surface area contributed by atoms with Crippen LogP contribution in [0.4, 0.5) is 5.69 Å². The molecule has 2 rings (SSSR count). The van der Waals surface area contributed by atoms with Crippen LogP contribution in [0.25, 0.3) is 11.4 Å². The molecule has 0 saturated heterocycles. The van der Waals surface area contributed by atoms with Gasteiger partial charge in [-0.25, -0.2) is 4.68 Å². The smallest absolute Gasteiger partial charge is 0.182 e. The lowest BCUT2D eigenvalue weighted by atomic mass is 10.0. The van der Waals surface area contributed by atoms with E-state index in [9.17, 15) is 0 Å². The monoisotopic (exact) mass is 287 g/mol. The van der Waals surface area contributed by atoms with Crippen molar-refractivity contribution in [2.45, 2.75) is 53.5 Å². The van der Waals surface area contributed by atoms with Gasteiger partial charge in [-0.05, 0) is 67.2 Å². The van der Waals surface area contributed by atoms with Crippen LogP contribution in [0.5, 0.6) is 0 Å². The zero-order chi connectivity index (χ0) is 15.6. The van der Waals surface area contributed by atoms with E-state index in [1.165, 1.54) is 0 Å². The van der Waals surface area contributed by atoms with Crippen molar-refractivity contribution >= 4 is 5.69 Å². The van der Waals surface area contributed by atoms with E-state index in [1.807, 2.05) is 17.7 Å². The average molecular weight is 287 g/mol. The maximum Gasteiger partial charge on any atom is 0.182 e. The number of aromatic nitrogens is 4. The third-order valence-electron chi connectivity index (χ3n) is 3.93. The molecule has 1 aromatic heterocycles. The van der Waals surface area contributed by atoms with Crippen molar-refractivity contribution in [3.05, 3.63) is 23.3 Å². The zero-order valence-electron chi connectivity index (χ0n) is 13.6. The molecule has 1 unspecified atom stereocenters. The van der Waals surface area contributed by atoms with Crippen molar-refractivity contribution in [2.75, 3.05) is 5.73 Å². The van der Waals surface area contributed by atoms with Crippen LogP contribution in [0.1, 0.15) is 50.8 Å². The predicted molar refractivity (Wildman–Crippen MR) is 85.9 cm³/mol. The van der Waals surface area contributed by atoms with E-state index in [0.29, 0.717) is 5.92 Å². The number of benzene rings is 1. The summed E-state index contributed by atoms with van der Waals surface area (Å²) in [4.78, 5) is 0. The third-order valence-corrected chi connectivity index (χ3v) is 3.93. The van der Waals surface area contributed by atoms with E-state index in [2.05, 4.69) is 49.3 Å². The second-order valence-corrected chi connectivity index (χ2v) is 6.29. The predicted octanol–water partition coefficient (Wildman–Crippen LogP) is 3.54. The summed E-state index contributed by atoms with van der Waals surface area (Å²) in [5.74, 6) is 1.49. The highest BCUT2D eigenvalue weighted by Crippen LogP contribution is 2.28. The second kappa shape index (κ2) is 6.24. The largest absolute Gasteiger partial charge is 0.398 e. The van der Waals surface area contributed by atoms with Crippen LogP contribution in [0, 0.1) is 19.8 Å². The van der Waals surface area contributed by atoms with E-state index < -0.39 is 0 Å². The quantitative estimate of drug-likeness (QED) is 0.854. The summed E-state index contributed by atoms with van der Waals surface area (Å²) in [6.45, 7) is 10.7. The number of aryl methyl sites for hydroxylation is 2. The first-order valence-electron chi connectivity index (χ1n) is 7.55. The van der Waals surface area contributed by atoms with Gasteiger partial charge in [-0.15, -0.1) is 5.10 Å². The highest BCUT2D eigenvalue weighted by Gasteiger charge is 2.17. The number of nitrogen functional groups attached to an aromatic ring is 1. The Morgan fingerprint density at radius 2 is 1.81 bits per heavy atom. The molecule has 114 valence electrons. The molecule has 5 heteroatoms. The van der Waals surface area contributed by atoms with Crippen LogP contribution in [0.15, 0.2) is 12.1 Å². The SMILES string of the molecule is Cc1cc(C)c(-c2nnnn2C(C)CCC(C)C)cc1N. The van der Waals surface area contributed by atoms with Crippen molar-refractivity contribution in [3.63, 3.8) is 0 Å². The standard InChI is InChI=1S/C16H25N5/c1-10(2)6-7-13(5)21-16(18-19-20-21)14-9-15(17)12(4)8-11(14)3/h8-10,13H,6-7,17H2,1-5H3. The molecule has 0 aliphatic heterocycles. The molecule has 0 spiro atoms. The molecule has 1 aromatic carbocycles. The van der Waals surface area contributed by atoms with E-state index in [4.69, 9.17) is 5.73 Å². The Morgan fingerprint density at radius 3 is 2.48 bits per heavy atom. The highest BCUT2D eigenvalue weighted by atomic mass is 15.5. The van der Waals surface area contributed by atoms with Crippen LogP contribution in [-0.4, -0.2) is 20.2 Å². The van der Waals surface area contributed by atoms with Crippen LogP contribution in [0.3, 0.4) is 0 Å². The molecule has 21 heavy (non-hydrogen) atoms. The fourth-order valence-corrected chi connectivity index (χ4v) is 2.47. The lowest BCUT2D eigenvalue weighted by molar-refractivity contribution is 0.406. The van der Waals surface area contributed by atoms with Crippen LogP contribution in [0.2, 0.25) is 0 Å². The van der Waals surface area contributed by atoms with Gasteiger partial charge in [0.1, 0.15) is 0 Å². The normalized spacial score (nSPS) is 12.9. The Kier molecular flexibility index (Phi) is 4.60. The molecule has 0 amide bonds. The van der Waals surface area contributed by atoms with Crippen molar-refractivity contribution in [3.8, 4) is 11.4 Å². The molecule has 5 nitrogen and oxygen atoms in total. The molecule has 0 bridgehead atoms. The Morgan fingerprint density at radius 1 is 1.10 bits per heavy atom. The number of rotatable bonds is 5. The minimum atomic E-state index is 0.277. The van der Waals surface area contributed by atoms with Gasteiger partial charge in [0.15, 0.2) is 5.82 Å². The number of tetrazole rings is 1. The number of nitrogens with two attached hydrogens (primary N) is 1. The summed E-state index contributed by atoms with van der Waals surface area (Å²) in [6.07, 6.45) is 2.23. The minimum absolute atomic E-state index is 0.277. The minimum Gasteiger partial charge on any atom is -0.398 e. The molecular weight excluding hydrogens is 262 g/mol. The lowest BCUT2D eigenvalue weighted by Gasteiger charge is -2.16. The Hall–Kier alpha value is -1.91. The summed E-state index contributed by atoms with van der Waals surface area (Å²) in [7, 11) is 0. The van der Waals surface area contributed by atoms with Gasteiger partial charge in [-0.1, -0.05) is 19.9 Å². The molecule has 2 N–H and O–H groups in total. The molecule has 0 aliphatic rings. The van der Waals surface area contributed by atoms with Crippen LogP contribution >= 0.6 is 0 Å². The average Bonchev–Trinajstić information content (AvgIpc) is 2.89. The van der Waals surface area contributed by atoms with Gasteiger partial charge in [-0.3, -0.25) is 0 Å². The topological polar surface area (TPSA) is 69.6 Å². The molecule has 1 atom stereocenters. The first kappa shape index (κ1) is 15.5. The Balaban J connectivity index is 2.34. The second-order valence-electron chi connectivity index (χ2n) is 6.29. The maximum absolute atomic E-state index is 6.04. The van der Waals surface area contributed by atoms with Gasteiger partial charge in [0, 0.05) is 11.3 Å². The van der Waals surface area contributed by atoms with E-state index in [1.54, 1.807) is 0 Å². The molecule has 0 fully saturated rings. The molecule has 1 heterocycles. The summed E-state index contributed by atoms with van der Waals surface area (Å²) in [5, 5.41) is 12.3. The number of hydrogen-bond acceptors (Lipinski definition) is 4. The van der Waals surface area contributed by atoms with Crippen molar-refractivity contribution in [2.24, 2.45) is 5.92 Å². The van der Waals surface area contributed by atoms with E-state index in [0.717, 1.165) is 41.0 Å². The third kappa shape index (κ3) is 3.40. The molecular formula is C16H25N5. The molecule has 0 aliphatic carbocycles. The van der Waals surface area contributed by atoms with Gasteiger partial charge in [0.05, 0.1) is 6.04 Å². The summed E-state index contributed by atoms with van der Waals surface area (Å²) in [6, 6.07) is 4.34. The summed E-state index contributed by atoms with van der Waals surface area (Å²) >= 11 is 0. The number of nitrogens with zero attached hydrogens (tertiary/aromatic N) is 4. The van der Waals surface area contributed by atoms with Gasteiger partial charge in [0.2, 0.25) is 0 Å². The number of anilines is 1. The van der Waals surface area contributed by atoms with Gasteiger partial charge < -0.3 is 5.73 Å². The first-order valence-corrected chi connectivity index (χ1v) is 7.55. The van der Waals surface area contributed by atoms with Gasteiger partial charge in [0.25, 0.3) is 0 Å². The lowest BCUT2D eigenvalue weighted by Crippen LogP contribution is -2.11. The van der Waals surface area contributed by atoms with E-state index in [-0.39, 0.29) is 6.04 Å². The maximum atomic E-state index is 6.04. The fraction of sp³-hybridized carbons (Fsp3) is 0.562. The van der Waals surface area contributed by atoms with Gasteiger partial charge in [-0.2, -0.15) is 0 Å². The van der Waals surface area contributed by atoms with Crippen LogP contribution < -0.4 is 5.73 Å². The van der Waals surface area contributed by atoms with Gasteiger partial charge >= 0.3 is 0 Å². The van der Waals surface area contributed by atoms with Crippen molar-refractivity contribution in [1.29, 1.82) is 0 Å². The van der Waals surface area contributed by atoms with Crippen molar-refractivity contribution < 1.29 is 0 Å². The fourth-order valence-electron chi connectivity index (χ4n) is 2.47. The summed E-state index contributed by atoms with van der Waals surface area (Å²) in [5.41, 5.74) is 10.1. The number of hydrogen-bond donors (Lipinski definition) is 1. The Bertz CT molecular complexity index is 615. The van der Waals surface area contributed by atoms with Crippen LogP contribution in [-0.2, 0) is 0 Å². The highest BCUT2D eigenvalue weighted by molar-refractivity contribution is 5.67. The molecule has 2 aromatic rings. The van der Waals surface area contributed by atoms with E-state index >= 15 is 0 Å². The summed E-state index contributed by atoms with van der Waals surface area (Å²) < 4.78 is 1.92. The Labute approximate surface area is 126 Å². The molecule has 0 radical (unpaired) electrons. The first-order chi connectivity index (χ1) is 9.90.